The fourth-order valence-corrected chi connectivity index (χ4v) is 2.58. The third-order valence-electron chi connectivity index (χ3n) is 3.45. The van der Waals surface area contributed by atoms with Crippen molar-refractivity contribution in [1.29, 1.82) is 0 Å². The molecule has 2 aromatic carbocycles. The highest BCUT2D eigenvalue weighted by atomic mass is 35.5. The Bertz CT molecular complexity index is 774. The Morgan fingerprint density at radius 1 is 1.14 bits per heavy atom. The number of fused-ring (bicyclic) bond motifs is 1. The Labute approximate surface area is 168 Å². The number of benzene rings is 2. The number of nitro benzene ring substituents is 1. The molecule has 1 aliphatic rings. The van der Waals surface area contributed by atoms with E-state index in [1.54, 1.807) is 6.07 Å². The van der Waals surface area contributed by atoms with Gasteiger partial charge in [-0.1, -0.05) is 17.7 Å². The zero-order valence-corrected chi connectivity index (χ0v) is 16.8. The van der Waals surface area contributed by atoms with E-state index in [1.165, 1.54) is 39.3 Å². The minimum absolute atomic E-state index is 0.0932. The van der Waals surface area contributed by atoms with E-state index in [-0.39, 0.29) is 16.8 Å². The molecule has 1 heterocycles. The molecule has 10 heteroatoms. The molecule has 1 atom stereocenters. The molecule has 0 fully saturated rings. The number of non-ortho nitro benzene ring substituents is 1. The van der Waals surface area contributed by atoms with Gasteiger partial charge in [0.2, 0.25) is 0 Å². The minimum Gasteiger partial charge on any atom is -0.456 e. The minimum atomic E-state index is -0.518. The molecule has 2 aromatic rings. The van der Waals surface area contributed by atoms with Gasteiger partial charge < -0.3 is 26.7 Å². The summed E-state index contributed by atoms with van der Waals surface area (Å²) >= 11 is 6.00. The third kappa shape index (κ3) is 6.55. The molecule has 9 nitrogen and oxygen atoms in total. The Morgan fingerprint density at radius 3 is 2.32 bits per heavy atom. The predicted molar refractivity (Wildman–Crippen MR) is 111 cm³/mol. The van der Waals surface area contributed by atoms with E-state index >= 15 is 0 Å². The van der Waals surface area contributed by atoms with Crippen LogP contribution in [0.25, 0.3) is 0 Å². The summed E-state index contributed by atoms with van der Waals surface area (Å²) in [6.07, 6.45) is 0.861. The fourth-order valence-electron chi connectivity index (χ4n) is 2.37. The molecule has 0 aliphatic carbocycles. The lowest BCUT2D eigenvalue weighted by molar-refractivity contribution is -0.384. The maximum Gasteiger partial charge on any atom is 0.271 e. The van der Waals surface area contributed by atoms with Crippen LogP contribution in [0.15, 0.2) is 36.4 Å². The molecular formula is C18H26ClN5O4. The highest BCUT2D eigenvalue weighted by molar-refractivity contribution is 6.32. The van der Waals surface area contributed by atoms with Crippen LogP contribution < -0.4 is 27.3 Å². The third-order valence-corrected chi connectivity index (χ3v) is 3.75. The second kappa shape index (κ2) is 13.6. The molecule has 3 rings (SSSR count). The monoisotopic (exact) mass is 411 g/mol. The van der Waals surface area contributed by atoms with E-state index < -0.39 is 4.92 Å². The van der Waals surface area contributed by atoms with Crippen LogP contribution in [0.1, 0.15) is 17.2 Å². The zero-order valence-electron chi connectivity index (χ0n) is 16.0. The lowest BCUT2D eigenvalue weighted by Crippen LogP contribution is -2.12. The second-order valence-corrected chi connectivity index (χ2v) is 5.24. The molecule has 28 heavy (non-hydrogen) atoms. The van der Waals surface area contributed by atoms with Gasteiger partial charge in [0.25, 0.3) is 5.69 Å². The van der Waals surface area contributed by atoms with Crippen molar-refractivity contribution in [1.82, 2.24) is 5.32 Å². The number of carbonyl (C=O) groups is 1. The molecule has 0 spiro atoms. The molecule has 0 aromatic heterocycles. The van der Waals surface area contributed by atoms with Crippen molar-refractivity contribution in [2.24, 2.45) is 17.2 Å². The predicted octanol–water partition coefficient (Wildman–Crippen LogP) is 2.11. The van der Waals surface area contributed by atoms with E-state index in [0.29, 0.717) is 18.0 Å². The maximum atomic E-state index is 10.9. The molecule has 0 radical (unpaired) electrons. The van der Waals surface area contributed by atoms with Crippen LogP contribution in [0.5, 0.6) is 11.5 Å². The number of nitrogens with two attached hydrogens (primary N) is 3. The van der Waals surface area contributed by atoms with Crippen LogP contribution >= 0.6 is 11.6 Å². The summed E-state index contributed by atoms with van der Waals surface area (Å²) in [5.41, 5.74) is 15.3. The van der Waals surface area contributed by atoms with E-state index in [9.17, 15) is 14.9 Å². The first-order chi connectivity index (χ1) is 13.6. The van der Waals surface area contributed by atoms with Crippen molar-refractivity contribution in [2.75, 3.05) is 21.1 Å². The van der Waals surface area contributed by atoms with Crippen molar-refractivity contribution in [3.05, 3.63) is 62.7 Å². The summed E-state index contributed by atoms with van der Waals surface area (Å²) < 4.78 is 5.67. The van der Waals surface area contributed by atoms with E-state index in [2.05, 4.69) is 22.5 Å². The van der Waals surface area contributed by atoms with E-state index in [0.717, 1.165) is 17.4 Å². The van der Waals surface area contributed by atoms with Crippen LogP contribution in [0, 0.1) is 10.1 Å². The molecule has 154 valence electrons. The van der Waals surface area contributed by atoms with Gasteiger partial charge in [0, 0.05) is 18.7 Å². The zero-order chi connectivity index (χ0) is 21.7. The number of hydrogen-bond acceptors (Lipinski definition) is 8. The molecule has 0 amide bonds. The first kappa shape index (κ1) is 25.4. The largest absolute Gasteiger partial charge is 0.456 e. The van der Waals surface area contributed by atoms with Crippen LogP contribution in [0.3, 0.4) is 0 Å². The Kier molecular flexibility index (Phi) is 12.3. The summed E-state index contributed by atoms with van der Waals surface area (Å²) in [6.45, 7) is 0.587. The first-order valence-electron chi connectivity index (χ1n) is 8.25. The van der Waals surface area contributed by atoms with Crippen molar-refractivity contribution in [2.45, 2.75) is 12.6 Å². The quantitative estimate of drug-likeness (QED) is 0.338. The van der Waals surface area contributed by atoms with Crippen molar-refractivity contribution < 1.29 is 14.5 Å². The summed E-state index contributed by atoms with van der Waals surface area (Å²) in [7, 11) is 4.50. The lowest BCUT2D eigenvalue weighted by atomic mass is 10.1. The van der Waals surface area contributed by atoms with Gasteiger partial charge in [-0.25, -0.2) is 0 Å². The van der Waals surface area contributed by atoms with Gasteiger partial charge in [0.15, 0.2) is 0 Å². The summed E-state index contributed by atoms with van der Waals surface area (Å²) in [6, 6.07) is 9.13. The molecule has 1 unspecified atom stereocenters. The van der Waals surface area contributed by atoms with Gasteiger partial charge >= 0.3 is 0 Å². The standard InChI is InChI=1S/C15H11ClN2O4.3CH5N/c16-13-6-10(18(20)21)1-4-15(13)22-11-2-3-12-9(5-11)7-17-14(12)8-19;3*1-2/h1-6,8,14,17H,7H2;3*2H2,1H3. The number of nitrogens with zero attached hydrogens (tertiary/aromatic N) is 1. The molecule has 0 saturated carbocycles. The van der Waals surface area contributed by atoms with Crippen LogP contribution in [-0.2, 0) is 11.3 Å². The van der Waals surface area contributed by atoms with Crippen molar-refractivity contribution >= 4 is 23.6 Å². The molecule has 7 N–H and O–H groups in total. The first-order valence-corrected chi connectivity index (χ1v) is 8.63. The Hall–Kier alpha value is -2.56. The number of hydrogen-bond donors (Lipinski definition) is 4. The van der Waals surface area contributed by atoms with Gasteiger partial charge in [0.05, 0.1) is 16.0 Å². The fraction of sp³-hybridized carbons (Fsp3) is 0.278. The lowest BCUT2D eigenvalue weighted by Gasteiger charge is -2.09. The van der Waals surface area contributed by atoms with Gasteiger partial charge in [-0.3, -0.25) is 15.4 Å². The normalized spacial score (nSPS) is 13.3. The van der Waals surface area contributed by atoms with E-state index in [4.69, 9.17) is 16.3 Å². The highest BCUT2D eigenvalue weighted by Crippen LogP contribution is 2.34. The van der Waals surface area contributed by atoms with Crippen LogP contribution in [-0.4, -0.2) is 32.4 Å². The molecule has 1 aliphatic heterocycles. The van der Waals surface area contributed by atoms with Crippen LogP contribution in [0.4, 0.5) is 5.69 Å². The number of aldehydes is 1. The topological polar surface area (TPSA) is 160 Å². The average molecular weight is 412 g/mol. The van der Waals surface area contributed by atoms with E-state index in [1.807, 2.05) is 12.1 Å². The summed E-state index contributed by atoms with van der Waals surface area (Å²) in [5.74, 6) is 0.896. The number of ether oxygens (including phenoxy) is 1. The number of halogens is 1. The second-order valence-electron chi connectivity index (χ2n) is 4.83. The van der Waals surface area contributed by atoms with Gasteiger partial charge in [0.1, 0.15) is 17.8 Å². The molecular weight excluding hydrogens is 386 g/mol. The average Bonchev–Trinajstić information content (AvgIpc) is 3.16. The van der Waals surface area contributed by atoms with Gasteiger partial charge in [-0.15, -0.1) is 0 Å². The number of carbonyl (C=O) groups excluding carboxylic acids is 1. The smallest absolute Gasteiger partial charge is 0.271 e. The number of rotatable bonds is 4. The van der Waals surface area contributed by atoms with Gasteiger partial charge in [-0.05, 0) is 50.5 Å². The SMILES string of the molecule is CN.CN.CN.O=CC1NCc2cc(Oc3ccc([N+](=O)[O-])cc3Cl)ccc21. The van der Waals surface area contributed by atoms with Gasteiger partial charge in [-0.2, -0.15) is 0 Å². The van der Waals surface area contributed by atoms with Crippen LogP contribution in [0.2, 0.25) is 5.02 Å². The highest BCUT2D eigenvalue weighted by Gasteiger charge is 2.21. The van der Waals surface area contributed by atoms with Crippen molar-refractivity contribution in [3.63, 3.8) is 0 Å². The number of nitrogens with one attached hydrogen (secondary N) is 1. The number of nitro groups is 1. The van der Waals surface area contributed by atoms with Crippen molar-refractivity contribution in [3.8, 4) is 11.5 Å². The Balaban J connectivity index is 0.00000111. The molecule has 0 saturated heterocycles. The molecule has 0 bridgehead atoms. The maximum absolute atomic E-state index is 10.9. The summed E-state index contributed by atoms with van der Waals surface area (Å²) in [4.78, 5) is 21.1. The summed E-state index contributed by atoms with van der Waals surface area (Å²) in [5, 5.41) is 13.9. The Morgan fingerprint density at radius 2 is 1.79 bits per heavy atom.